The van der Waals surface area contributed by atoms with Gasteiger partial charge in [-0.25, -0.2) is 4.79 Å². The number of hydrogen-bond donors (Lipinski definition) is 3. The number of alkyl carbamates (subject to hydrolysis) is 1. The van der Waals surface area contributed by atoms with Crippen molar-refractivity contribution in [2.75, 3.05) is 6.61 Å². The minimum absolute atomic E-state index is 0.0892. The Bertz CT molecular complexity index is 932. The number of carbonyl (C=O) groups excluding carboxylic acids is 3. The average molecular weight is 502 g/mol. The summed E-state index contributed by atoms with van der Waals surface area (Å²) in [6.07, 6.45) is 6.93. The van der Waals surface area contributed by atoms with Crippen LogP contribution in [0.15, 0.2) is 18.2 Å². The maximum absolute atomic E-state index is 13.9. The first-order valence-corrected chi connectivity index (χ1v) is 13.3. The molecule has 1 aromatic carbocycles. The molecular formula is C28H43N3O5. The van der Waals surface area contributed by atoms with Crippen LogP contribution >= 0.6 is 0 Å². The van der Waals surface area contributed by atoms with Crippen LogP contribution in [0.5, 0.6) is 0 Å². The Hall–Kier alpha value is -2.61. The highest BCUT2D eigenvalue weighted by molar-refractivity contribution is 5.92. The smallest absolute Gasteiger partial charge is 0.408 e. The van der Waals surface area contributed by atoms with Crippen molar-refractivity contribution in [2.45, 2.75) is 116 Å². The lowest BCUT2D eigenvalue weighted by Gasteiger charge is -2.44. The summed E-state index contributed by atoms with van der Waals surface area (Å²) in [5, 5.41) is 15.8. The summed E-state index contributed by atoms with van der Waals surface area (Å²) >= 11 is 0. The summed E-state index contributed by atoms with van der Waals surface area (Å²) in [7, 11) is 0. The van der Waals surface area contributed by atoms with E-state index >= 15 is 0 Å². The monoisotopic (exact) mass is 501 g/mol. The van der Waals surface area contributed by atoms with Crippen LogP contribution in [0.4, 0.5) is 4.79 Å². The number of carbonyl (C=O) groups is 3. The second-order valence-corrected chi connectivity index (χ2v) is 11.3. The number of aliphatic hydroxyl groups excluding tert-OH is 1. The van der Waals surface area contributed by atoms with E-state index in [1.165, 1.54) is 6.42 Å². The van der Waals surface area contributed by atoms with Gasteiger partial charge in [-0.1, -0.05) is 43.0 Å². The largest absolute Gasteiger partial charge is 0.444 e. The zero-order chi connectivity index (χ0) is 26.5. The van der Waals surface area contributed by atoms with Gasteiger partial charge < -0.3 is 25.4 Å². The molecule has 36 heavy (non-hydrogen) atoms. The first kappa shape index (κ1) is 28.0. The normalized spacial score (nSPS) is 18.5. The van der Waals surface area contributed by atoms with Gasteiger partial charge in [-0.2, -0.15) is 0 Å². The van der Waals surface area contributed by atoms with Crippen molar-refractivity contribution in [2.24, 2.45) is 0 Å². The van der Waals surface area contributed by atoms with Crippen molar-refractivity contribution in [3.05, 3.63) is 34.9 Å². The minimum Gasteiger partial charge on any atom is -0.444 e. The maximum Gasteiger partial charge on any atom is 0.408 e. The summed E-state index contributed by atoms with van der Waals surface area (Å²) in [5.41, 5.74) is 2.02. The number of hydrogen-bond acceptors (Lipinski definition) is 5. The summed E-state index contributed by atoms with van der Waals surface area (Å²) in [4.78, 5) is 41.8. The molecule has 0 heterocycles. The van der Waals surface area contributed by atoms with E-state index in [-0.39, 0.29) is 18.0 Å². The molecule has 0 radical (unpaired) electrons. The predicted octanol–water partition coefficient (Wildman–Crippen LogP) is 4.06. The van der Waals surface area contributed by atoms with Crippen molar-refractivity contribution >= 4 is 17.9 Å². The number of ether oxygens (including phenoxy) is 1. The van der Waals surface area contributed by atoms with Gasteiger partial charge in [0, 0.05) is 12.1 Å². The third-order valence-corrected chi connectivity index (χ3v) is 7.09. The van der Waals surface area contributed by atoms with Crippen LogP contribution in [-0.4, -0.2) is 58.2 Å². The number of aliphatic hydroxyl groups is 1. The molecule has 3 N–H and O–H groups in total. The molecular weight excluding hydrogens is 458 g/mol. The quantitative estimate of drug-likeness (QED) is 0.498. The molecule has 200 valence electrons. The van der Waals surface area contributed by atoms with Crippen LogP contribution in [0.3, 0.4) is 0 Å². The lowest BCUT2D eigenvalue weighted by atomic mass is 9.86. The van der Waals surface area contributed by atoms with Gasteiger partial charge in [0.05, 0.1) is 6.61 Å². The van der Waals surface area contributed by atoms with E-state index in [1.807, 2.05) is 32.0 Å². The molecule has 2 fully saturated rings. The van der Waals surface area contributed by atoms with Crippen molar-refractivity contribution in [3.8, 4) is 0 Å². The van der Waals surface area contributed by atoms with Crippen LogP contribution in [-0.2, 0) is 14.3 Å². The van der Waals surface area contributed by atoms with E-state index in [0.29, 0.717) is 0 Å². The Balaban J connectivity index is 1.95. The predicted molar refractivity (Wildman–Crippen MR) is 138 cm³/mol. The summed E-state index contributed by atoms with van der Waals surface area (Å²) in [6, 6.07) is 3.78. The van der Waals surface area contributed by atoms with E-state index < -0.39 is 36.3 Å². The van der Waals surface area contributed by atoms with Gasteiger partial charge in [0.1, 0.15) is 17.7 Å². The highest BCUT2D eigenvalue weighted by atomic mass is 16.6. The Morgan fingerprint density at radius 2 is 1.72 bits per heavy atom. The van der Waals surface area contributed by atoms with Gasteiger partial charge in [0.25, 0.3) is 0 Å². The first-order chi connectivity index (χ1) is 17.0. The van der Waals surface area contributed by atoms with E-state index in [9.17, 15) is 19.5 Å². The molecule has 0 bridgehead atoms. The Labute approximate surface area is 215 Å². The van der Waals surface area contributed by atoms with E-state index in [4.69, 9.17) is 4.74 Å². The van der Waals surface area contributed by atoms with Crippen LogP contribution in [0.25, 0.3) is 0 Å². The van der Waals surface area contributed by atoms with Crippen molar-refractivity contribution in [3.63, 3.8) is 0 Å². The molecule has 0 aromatic heterocycles. The summed E-state index contributed by atoms with van der Waals surface area (Å²) < 4.78 is 5.31. The lowest BCUT2D eigenvalue weighted by Crippen LogP contribution is -2.59. The van der Waals surface area contributed by atoms with Gasteiger partial charge in [-0.15, -0.1) is 0 Å². The van der Waals surface area contributed by atoms with E-state index in [2.05, 4.69) is 10.6 Å². The third kappa shape index (κ3) is 7.21. The van der Waals surface area contributed by atoms with Crippen LogP contribution in [0.1, 0.15) is 94.9 Å². The third-order valence-electron chi connectivity index (χ3n) is 7.09. The van der Waals surface area contributed by atoms with Gasteiger partial charge in [-0.3, -0.25) is 9.59 Å². The summed E-state index contributed by atoms with van der Waals surface area (Å²) in [5.74, 6) is -0.681. The average Bonchev–Trinajstić information content (AvgIpc) is 2.76. The second kappa shape index (κ2) is 12.1. The molecule has 2 aliphatic carbocycles. The Morgan fingerprint density at radius 3 is 2.25 bits per heavy atom. The SMILES string of the molecule is Cc1ccc(C(C(=O)NC2CCCCC2)N(C(=O)C(CO)NC(=O)OC(C)(C)C)C2CCC2)c(C)c1. The summed E-state index contributed by atoms with van der Waals surface area (Å²) in [6.45, 7) is 8.55. The lowest BCUT2D eigenvalue weighted by molar-refractivity contribution is -0.148. The van der Waals surface area contributed by atoms with Crippen molar-refractivity contribution in [1.29, 1.82) is 0 Å². The van der Waals surface area contributed by atoms with Gasteiger partial charge >= 0.3 is 6.09 Å². The zero-order valence-electron chi connectivity index (χ0n) is 22.4. The van der Waals surface area contributed by atoms with Crippen LogP contribution < -0.4 is 10.6 Å². The Morgan fingerprint density at radius 1 is 1.06 bits per heavy atom. The molecule has 2 aliphatic rings. The standard InChI is InChI=1S/C28H43N3O5/c1-18-14-15-22(19(2)16-18)24(25(33)29-20-10-7-6-8-11-20)31(21-12-9-13-21)26(34)23(17-32)30-27(35)36-28(3,4)5/h14-16,20-21,23-24,32H,6-13,17H2,1-5H3,(H,29,33)(H,30,35). The zero-order valence-corrected chi connectivity index (χ0v) is 22.4. The highest BCUT2D eigenvalue weighted by Crippen LogP contribution is 2.35. The van der Waals surface area contributed by atoms with Crippen molar-refractivity contribution in [1.82, 2.24) is 15.5 Å². The number of amides is 3. The topological polar surface area (TPSA) is 108 Å². The highest BCUT2D eigenvalue weighted by Gasteiger charge is 2.42. The molecule has 2 atom stereocenters. The number of rotatable bonds is 8. The number of aryl methyl sites for hydroxylation is 2. The Kier molecular flexibility index (Phi) is 9.39. The molecule has 2 unspecified atom stereocenters. The maximum atomic E-state index is 13.9. The van der Waals surface area contributed by atoms with Gasteiger partial charge in [0.15, 0.2) is 0 Å². The molecule has 0 spiro atoms. The molecule has 8 nitrogen and oxygen atoms in total. The molecule has 3 rings (SSSR count). The number of nitrogens with zero attached hydrogens (tertiary/aromatic N) is 1. The fourth-order valence-electron chi connectivity index (χ4n) is 5.07. The van der Waals surface area contributed by atoms with E-state index in [0.717, 1.165) is 61.6 Å². The molecule has 2 saturated carbocycles. The fraction of sp³-hybridized carbons (Fsp3) is 0.679. The molecule has 1 aromatic rings. The van der Waals surface area contributed by atoms with E-state index in [1.54, 1.807) is 25.7 Å². The van der Waals surface area contributed by atoms with Gasteiger partial charge in [-0.05, 0) is 77.8 Å². The second-order valence-electron chi connectivity index (χ2n) is 11.3. The molecule has 8 heteroatoms. The van der Waals surface area contributed by atoms with Gasteiger partial charge in [0.2, 0.25) is 11.8 Å². The molecule has 0 aliphatic heterocycles. The number of nitrogens with one attached hydrogen (secondary N) is 2. The first-order valence-electron chi connectivity index (χ1n) is 13.3. The van der Waals surface area contributed by atoms with Crippen molar-refractivity contribution < 1.29 is 24.2 Å². The molecule has 0 saturated heterocycles. The van der Waals surface area contributed by atoms with Crippen LogP contribution in [0, 0.1) is 13.8 Å². The number of benzene rings is 1. The fourth-order valence-corrected chi connectivity index (χ4v) is 5.07. The minimum atomic E-state index is -1.21. The molecule has 3 amide bonds. The van der Waals surface area contributed by atoms with Crippen LogP contribution in [0.2, 0.25) is 0 Å².